The lowest BCUT2D eigenvalue weighted by Gasteiger charge is -2.11. The minimum absolute atomic E-state index is 0.0748. The van der Waals surface area contributed by atoms with Gasteiger partial charge in [-0.3, -0.25) is 10.1 Å². The molecule has 0 radical (unpaired) electrons. The van der Waals surface area contributed by atoms with Gasteiger partial charge in [-0.25, -0.2) is 9.80 Å². The van der Waals surface area contributed by atoms with Crippen LogP contribution in [0.25, 0.3) is 0 Å². The van der Waals surface area contributed by atoms with Crippen molar-refractivity contribution in [1.29, 1.82) is 0 Å². The number of rotatable bonds is 5. The number of hydrazone groups is 1. The lowest BCUT2D eigenvalue weighted by Crippen LogP contribution is -2.33. The molecule has 3 N–H and O–H groups in total. The van der Waals surface area contributed by atoms with E-state index in [0.29, 0.717) is 0 Å². The molecule has 0 spiro atoms. The number of carbonyl (C=O) groups is 1. The maximum Gasteiger partial charge on any atom is 0.433 e. The monoisotopic (exact) mass is 242 g/mol. The van der Waals surface area contributed by atoms with Gasteiger partial charge in [-0.2, -0.15) is 5.10 Å². The second-order valence-corrected chi connectivity index (χ2v) is 2.86. The predicted molar refractivity (Wildman–Crippen MR) is 56.3 cm³/mol. The van der Waals surface area contributed by atoms with E-state index in [-0.39, 0.29) is 18.9 Å². The molecule has 0 aromatic carbocycles. The Hall–Kier alpha value is -2.42. The molecule has 0 saturated carbocycles. The molecule has 0 bridgehead atoms. The van der Waals surface area contributed by atoms with Crippen LogP contribution < -0.4 is 5.73 Å². The van der Waals surface area contributed by atoms with E-state index >= 15 is 0 Å². The standard InChI is InChI=1S/C8H10N4O5/c9-8(14)11(3-4-13)10-5-6-1-2-7(17-6)12(15)16/h1-2,5,13H,3-4H2,(H2,9,14)/b10-5+. The highest BCUT2D eigenvalue weighted by atomic mass is 16.6. The zero-order chi connectivity index (χ0) is 12.8. The molecule has 2 amide bonds. The van der Waals surface area contributed by atoms with Crippen LogP contribution in [0, 0.1) is 10.1 Å². The molecule has 1 rings (SSSR count). The lowest BCUT2D eigenvalue weighted by molar-refractivity contribution is -0.402. The number of aliphatic hydroxyl groups is 1. The number of hydrogen-bond donors (Lipinski definition) is 2. The average molecular weight is 242 g/mol. The van der Waals surface area contributed by atoms with Crippen LogP contribution in [-0.2, 0) is 0 Å². The van der Waals surface area contributed by atoms with Crippen molar-refractivity contribution in [2.75, 3.05) is 13.2 Å². The number of carbonyl (C=O) groups excluding carboxylic acids is 1. The Kier molecular flexibility index (Phi) is 4.17. The van der Waals surface area contributed by atoms with E-state index < -0.39 is 16.8 Å². The highest BCUT2D eigenvalue weighted by molar-refractivity contribution is 5.79. The Morgan fingerprint density at radius 3 is 2.88 bits per heavy atom. The zero-order valence-electron chi connectivity index (χ0n) is 8.65. The van der Waals surface area contributed by atoms with Crippen LogP contribution in [0.2, 0.25) is 0 Å². The fourth-order valence-electron chi connectivity index (χ4n) is 0.956. The molecule has 1 aromatic heterocycles. The first kappa shape index (κ1) is 12.6. The fraction of sp³-hybridized carbons (Fsp3) is 0.250. The van der Waals surface area contributed by atoms with Gasteiger partial charge in [0.1, 0.15) is 4.92 Å². The van der Waals surface area contributed by atoms with Gasteiger partial charge in [-0.1, -0.05) is 0 Å². The highest BCUT2D eigenvalue weighted by Crippen LogP contribution is 2.13. The fourth-order valence-corrected chi connectivity index (χ4v) is 0.956. The Labute approximate surface area is 95.3 Å². The third-order valence-corrected chi connectivity index (χ3v) is 1.68. The van der Waals surface area contributed by atoms with Crippen molar-refractivity contribution in [3.8, 4) is 0 Å². The number of amides is 2. The van der Waals surface area contributed by atoms with E-state index in [1.807, 2.05) is 0 Å². The summed E-state index contributed by atoms with van der Waals surface area (Å²) >= 11 is 0. The Morgan fingerprint density at radius 2 is 2.41 bits per heavy atom. The van der Waals surface area contributed by atoms with Crippen LogP contribution in [0.4, 0.5) is 10.7 Å². The lowest BCUT2D eigenvalue weighted by atomic mass is 10.5. The first-order chi connectivity index (χ1) is 8.04. The Balaban J connectivity index is 2.73. The number of urea groups is 1. The number of nitro groups is 1. The molecule has 9 heteroatoms. The number of hydrogen-bond acceptors (Lipinski definition) is 6. The van der Waals surface area contributed by atoms with Gasteiger partial charge in [0, 0.05) is 0 Å². The van der Waals surface area contributed by atoms with Gasteiger partial charge in [0.2, 0.25) is 0 Å². The third-order valence-electron chi connectivity index (χ3n) is 1.68. The summed E-state index contributed by atoms with van der Waals surface area (Å²) in [6.07, 6.45) is 1.09. The van der Waals surface area contributed by atoms with Gasteiger partial charge in [0.05, 0.1) is 25.4 Å². The minimum atomic E-state index is -0.851. The summed E-state index contributed by atoms with van der Waals surface area (Å²) < 4.78 is 4.76. The topological polar surface area (TPSA) is 135 Å². The minimum Gasteiger partial charge on any atom is -0.400 e. The van der Waals surface area contributed by atoms with E-state index in [4.69, 9.17) is 15.3 Å². The van der Waals surface area contributed by atoms with Crippen molar-refractivity contribution in [3.63, 3.8) is 0 Å². The molecule has 0 aliphatic carbocycles. The van der Waals surface area contributed by atoms with Gasteiger partial charge >= 0.3 is 11.9 Å². The molecule has 0 saturated heterocycles. The van der Waals surface area contributed by atoms with Crippen LogP contribution in [-0.4, -0.2) is 40.4 Å². The summed E-state index contributed by atoms with van der Waals surface area (Å²) in [6.45, 7) is -0.382. The number of nitrogens with zero attached hydrogens (tertiary/aromatic N) is 3. The quantitative estimate of drug-likeness (QED) is 0.422. The second kappa shape index (κ2) is 5.61. The van der Waals surface area contributed by atoms with Gasteiger partial charge in [-0.05, 0) is 6.07 Å². The van der Waals surface area contributed by atoms with Crippen LogP contribution in [0.5, 0.6) is 0 Å². The van der Waals surface area contributed by atoms with Crippen LogP contribution >= 0.6 is 0 Å². The number of furan rings is 1. The molecule has 0 aliphatic rings. The predicted octanol–water partition coefficient (Wildman–Crippen LogP) is -0.105. The van der Waals surface area contributed by atoms with E-state index in [2.05, 4.69) is 5.10 Å². The molecule has 1 heterocycles. The normalized spacial score (nSPS) is 10.6. The van der Waals surface area contributed by atoms with Crippen molar-refractivity contribution in [2.24, 2.45) is 10.8 Å². The molecule has 0 aliphatic heterocycles. The maximum absolute atomic E-state index is 10.8. The van der Waals surface area contributed by atoms with Crippen molar-refractivity contribution in [2.45, 2.75) is 0 Å². The smallest absolute Gasteiger partial charge is 0.400 e. The summed E-state index contributed by atoms with van der Waals surface area (Å²) in [5.41, 5.74) is 4.96. The van der Waals surface area contributed by atoms with Crippen LogP contribution in [0.3, 0.4) is 0 Å². The molecule has 1 aromatic rings. The largest absolute Gasteiger partial charge is 0.433 e. The van der Waals surface area contributed by atoms with Gasteiger partial charge in [-0.15, -0.1) is 0 Å². The second-order valence-electron chi connectivity index (χ2n) is 2.86. The van der Waals surface area contributed by atoms with E-state index in [1.165, 1.54) is 6.07 Å². The van der Waals surface area contributed by atoms with Crippen molar-refractivity contribution < 1.29 is 19.2 Å². The van der Waals surface area contributed by atoms with E-state index in [0.717, 1.165) is 17.3 Å². The zero-order valence-corrected chi connectivity index (χ0v) is 8.65. The summed E-state index contributed by atoms with van der Waals surface area (Å²) in [7, 11) is 0. The van der Waals surface area contributed by atoms with Gasteiger partial charge in [0.25, 0.3) is 0 Å². The van der Waals surface area contributed by atoms with Crippen LogP contribution in [0.15, 0.2) is 21.7 Å². The van der Waals surface area contributed by atoms with Crippen molar-refractivity contribution in [1.82, 2.24) is 5.01 Å². The number of primary amides is 1. The van der Waals surface area contributed by atoms with E-state index in [9.17, 15) is 14.9 Å². The molecule has 92 valence electrons. The molecule has 0 fully saturated rings. The average Bonchev–Trinajstić information content (AvgIpc) is 2.72. The van der Waals surface area contributed by atoms with Crippen molar-refractivity contribution >= 4 is 18.1 Å². The molecule has 17 heavy (non-hydrogen) atoms. The van der Waals surface area contributed by atoms with Crippen molar-refractivity contribution in [3.05, 3.63) is 28.0 Å². The first-order valence-corrected chi connectivity index (χ1v) is 4.50. The third kappa shape index (κ3) is 3.57. The molecule has 0 atom stereocenters. The van der Waals surface area contributed by atoms with Crippen LogP contribution in [0.1, 0.15) is 5.76 Å². The SMILES string of the molecule is NC(=O)N(CCO)/N=C/c1ccc([N+](=O)[O-])o1. The van der Waals surface area contributed by atoms with E-state index in [1.54, 1.807) is 0 Å². The highest BCUT2D eigenvalue weighted by Gasteiger charge is 2.11. The maximum atomic E-state index is 10.8. The van der Waals surface area contributed by atoms with Gasteiger partial charge < -0.3 is 15.3 Å². The number of aliphatic hydroxyl groups excluding tert-OH is 1. The molecule has 0 unspecified atom stereocenters. The Morgan fingerprint density at radius 1 is 1.71 bits per heavy atom. The number of nitrogens with two attached hydrogens (primary N) is 1. The summed E-state index contributed by atoms with van der Waals surface area (Å²) in [5.74, 6) is -0.333. The summed E-state index contributed by atoms with van der Waals surface area (Å²) in [4.78, 5) is 20.4. The summed E-state index contributed by atoms with van der Waals surface area (Å²) in [5, 5.41) is 23.3. The molecule has 9 nitrogen and oxygen atoms in total. The Bertz CT molecular complexity index is 441. The summed E-state index contributed by atoms with van der Waals surface area (Å²) in [6, 6.07) is 1.62. The molecular weight excluding hydrogens is 232 g/mol. The van der Waals surface area contributed by atoms with Gasteiger partial charge in [0.15, 0.2) is 5.76 Å². The molecular formula is C8H10N4O5. The first-order valence-electron chi connectivity index (χ1n) is 4.50.